The molecule has 0 aliphatic carbocycles. The summed E-state index contributed by atoms with van der Waals surface area (Å²) in [5.41, 5.74) is 0.676. The summed E-state index contributed by atoms with van der Waals surface area (Å²) in [4.78, 5) is 16.9. The first-order valence-electron chi connectivity index (χ1n) is 8.89. The van der Waals surface area contributed by atoms with Crippen molar-refractivity contribution in [1.82, 2.24) is 9.29 Å². The number of sulfonamides is 1. The number of thiazole rings is 1. The zero-order valence-corrected chi connectivity index (χ0v) is 17.8. The van der Waals surface area contributed by atoms with Crippen molar-refractivity contribution < 1.29 is 22.7 Å². The fraction of sp³-hybridized carbons (Fsp3) is 0.444. The summed E-state index contributed by atoms with van der Waals surface area (Å²) in [6.45, 7) is 3.31. The fourth-order valence-electron chi connectivity index (χ4n) is 2.72. The van der Waals surface area contributed by atoms with Gasteiger partial charge in [-0.2, -0.15) is 4.31 Å². The Bertz CT molecular complexity index is 939. The standard InChI is InChI=1S/C18H21ClN2O5S2/c1-2-3-17-20-13(12-27-17)11-26-18(22)15-10-14(4-5-16(15)19)28(23,24)21-6-8-25-9-7-21/h4-5,10,12H,2-3,6-9,11H2,1H3. The van der Waals surface area contributed by atoms with Gasteiger partial charge in [-0.1, -0.05) is 18.5 Å². The molecule has 1 aliphatic rings. The first kappa shape index (κ1) is 21.2. The number of aromatic nitrogens is 1. The number of carbonyl (C=O) groups excluding carboxylic acids is 1. The predicted molar refractivity (Wildman–Crippen MR) is 106 cm³/mol. The van der Waals surface area contributed by atoms with Crippen molar-refractivity contribution in [2.45, 2.75) is 31.3 Å². The number of nitrogens with zero attached hydrogens (tertiary/aromatic N) is 2. The second-order valence-corrected chi connectivity index (χ2v) is 9.50. The molecular weight excluding hydrogens is 424 g/mol. The molecule has 0 radical (unpaired) electrons. The van der Waals surface area contributed by atoms with Gasteiger partial charge < -0.3 is 9.47 Å². The average molecular weight is 445 g/mol. The summed E-state index contributed by atoms with van der Waals surface area (Å²) in [6.07, 6.45) is 1.87. The van der Waals surface area contributed by atoms with Crippen LogP contribution in [0, 0.1) is 0 Å². The maximum atomic E-state index is 12.8. The molecule has 0 saturated carbocycles. The fourth-order valence-corrected chi connectivity index (χ4v) is 5.23. The van der Waals surface area contributed by atoms with Crippen LogP contribution in [0.5, 0.6) is 0 Å². The zero-order chi connectivity index (χ0) is 20.1. The topological polar surface area (TPSA) is 85.8 Å². The highest BCUT2D eigenvalue weighted by molar-refractivity contribution is 7.89. The quantitative estimate of drug-likeness (QED) is 0.610. The minimum absolute atomic E-state index is 0.00430. The summed E-state index contributed by atoms with van der Waals surface area (Å²) in [5, 5.41) is 2.97. The largest absolute Gasteiger partial charge is 0.456 e. The van der Waals surface area contributed by atoms with Gasteiger partial charge in [0.25, 0.3) is 0 Å². The lowest BCUT2D eigenvalue weighted by Gasteiger charge is -2.26. The maximum absolute atomic E-state index is 12.8. The van der Waals surface area contributed by atoms with Crippen molar-refractivity contribution in [1.29, 1.82) is 0 Å². The summed E-state index contributed by atoms with van der Waals surface area (Å²) < 4.78 is 37.4. The normalized spacial score (nSPS) is 15.5. The van der Waals surface area contributed by atoms with Gasteiger partial charge in [0.15, 0.2) is 0 Å². The number of hydrogen-bond donors (Lipinski definition) is 0. The monoisotopic (exact) mass is 444 g/mol. The van der Waals surface area contributed by atoms with Crippen LogP contribution in [0.25, 0.3) is 0 Å². The van der Waals surface area contributed by atoms with Crippen LogP contribution in [0.3, 0.4) is 0 Å². The molecule has 1 saturated heterocycles. The van der Waals surface area contributed by atoms with Crippen molar-refractivity contribution in [3.05, 3.63) is 44.9 Å². The van der Waals surface area contributed by atoms with Gasteiger partial charge in [0, 0.05) is 18.5 Å². The molecule has 7 nitrogen and oxygen atoms in total. The molecule has 0 unspecified atom stereocenters. The summed E-state index contributed by atoms with van der Waals surface area (Å²) >= 11 is 7.63. The number of morpholine rings is 1. The molecule has 0 amide bonds. The first-order chi connectivity index (χ1) is 13.4. The highest BCUT2D eigenvalue weighted by atomic mass is 35.5. The van der Waals surface area contributed by atoms with Crippen molar-refractivity contribution in [3.8, 4) is 0 Å². The summed E-state index contributed by atoms with van der Waals surface area (Å²) in [6, 6.07) is 4.05. The molecule has 0 atom stereocenters. The third-order valence-electron chi connectivity index (χ3n) is 4.18. The highest BCUT2D eigenvalue weighted by Gasteiger charge is 2.28. The molecule has 1 aromatic carbocycles. The third kappa shape index (κ3) is 4.90. The minimum Gasteiger partial charge on any atom is -0.456 e. The molecule has 0 bridgehead atoms. The number of aryl methyl sites for hydroxylation is 1. The van der Waals surface area contributed by atoms with E-state index >= 15 is 0 Å². The molecule has 28 heavy (non-hydrogen) atoms. The SMILES string of the molecule is CCCc1nc(COC(=O)c2cc(S(=O)(=O)N3CCOCC3)ccc2Cl)cs1. The van der Waals surface area contributed by atoms with Crippen LogP contribution in [0.15, 0.2) is 28.5 Å². The number of halogens is 1. The van der Waals surface area contributed by atoms with E-state index in [1.165, 1.54) is 33.8 Å². The number of esters is 1. The molecule has 1 aliphatic heterocycles. The van der Waals surface area contributed by atoms with Gasteiger partial charge in [0.2, 0.25) is 10.0 Å². The Morgan fingerprint density at radius 3 is 2.82 bits per heavy atom. The Labute approximate surface area is 173 Å². The molecule has 0 spiro atoms. The molecule has 152 valence electrons. The van der Waals surface area contributed by atoms with Crippen molar-refractivity contribution in [3.63, 3.8) is 0 Å². The lowest BCUT2D eigenvalue weighted by molar-refractivity contribution is 0.0468. The second kappa shape index (κ2) is 9.32. The van der Waals surface area contributed by atoms with Crippen molar-refractivity contribution in [2.24, 2.45) is 0 Å². The van der Waals surface area contributed by atoms with Crippen LogP contribution in [0.4, 0.5) is 0 Å². The summed E-state index contributed by atoms with van der Waals surface area (Å²) in [5.74, 6) is -0.686. The van der Waals surface area contributed by atoms with E-state index in [9.17, 15) is 13.2 Å². The third-order valence-corrected chi connectivity index (χ3v) is 7.36. The lowest BCUT2D eigenvalue weighted by Crippen LogP contribution is -2.40. The Balaban J connectivity index is 1.73. The van der Waals surface area contributed by atoms with Gasteiger partial charge in [0.1, 0.15) is 6.61 Å². The van der Waals surface area contributed by atoms with E-state index in [4.69, 9.17) is 21.1 Å². The Kier molecular flexibility index (Phi) is 7.05. The van der Waals surface area contributed by atoms with Gasteiger partial charge in [0.05, 0.1) is 39.4 Å². The summed E-state index contributed by atoms with van der Waals surface area (Å²) in [7, 11) is -3.73. The van der Waals surface area contributed by atoms with E-state index in [-0.39, 0.29) is 35.2 Å². The van der Waals surface area contributed by atoms with Gasteiger partial charge in [-0.3, -0.25) is 0 Å². The van der Waals surface area contributed by atoms with Crippen LogP contribution in [0.1, 0.15) is 34.4 Å². The molecule has 10 heteroatoms. The van der Waals surface area contributed by atoms with E-state index in [2.05, 4.69) is 11.9 Å². The molecular formula is C18H21ClN2O5S2. The predicted octanol–water partition coefficient (Wildman–Crippen LogP) is 3.13. The van der Waals surface area contributed by atoms with Crippen LogP contribution in [-0.4, -0.2) is 50.0 Å². The maximum Gasteiger partial charge on any atom is 0.340 e. The number of carbonyl (C=O) groups is 1. The number of ether oxygens (including phenoxy) is 2. The zero-order valence-electron chi connectivity index (χ0n) is 15.4. The Morgan fingerprint density at radius 1 is 1.36 bits per heavy atom. The Hall–Kier alpha value is -1.52. The van der Waals surface area contributed by atoms with Crippen LogP contribution in [0.2, 0.25) is 5.02 Å². The van der Waals surface area contributed by atoms with Gasteiger partial charge >= 0.3 is 5.97 Å². The van der Waals surface area contributed by atoms with Crippen LogP contribution in [-0.2, 0) is 32.5 Å². The number of hydrogen-bond acceptors (Lipinski definition) is 7. The van der Waals surface area contributed by atoms with Crippen LogP contribution >= 0.6 is 22.9 Å². The number of benzene rings is 1. The van der Waals surface area contributed by atoms with Crippen molar-refractivity contribution in [2.75, 3.05) is 26.3 Å². The minimum atomic E-state index is -3.73. The smallest absolute Gasteiger partial charge is 0.340 e. The lowest BCUT2D eigenvalue weighted by atomic mass is 10.2. The molecule has 3 rings (SSSR count). The van der Waals surface area contributed by atoms with E-state index in [0.29, 0.717) is 18.9 Å². The van der Waals surface area contributed by atoms with E-state index in [1.807, 2.05) is 5.38 Å². The van der Waals surface area contributed by atoms with Crippen LogP contribution < -0.4 is 0 Å². The second-order valence-electron chi connectivity index (χ2n) is 6.22. The van der Waals surface area contributed by atoms with Gasteiger partial charge in [-0.25, -0.2) is 18.2 Å². The van der Waals surface area contributed by atoms with Gasteiger partial charge in [-0.15, -0.1) is 11.3 Å². The van der Waals surface area contributed by atoms with E-state index in [0.717, 1.165) is 17.8 Å². The molecule has 1 fully saturated rings. The number of rotatable bonds is 7. The molecule has 2 aromatic rings. The Morgan fingerprint density at radius 2 is 2.11 bits per heavy atom. The molecule has 1 aromatic heterocycles. The molecule has 2 heterocycles. The van der Waals surface area contributed by atoms with E-state index in [1.54, 1.807) is 0 Å². The highest BCUT2D eigenvalue weighted by Crippen LogP contribution is 2.24. The van der Waals surface area contributed by atoms with Crippen molar-refractivity contribution >= 4 is 38.9 Å². The van der Waals surface area contributed by atoms with Gasteiger partial charge in [-0.05, 0) is 31.0 Å². The molecule has 0 N–H and O–H groups in total. The van der Waals surface area contributed by atoms with E-state index < -0.39 is 16.0 Å². The first-order valence-corrected chi connectivity index (χ1v) is 11.6. The average Bonchev–Trinajstić information content (AvgIpc) is 3.15.